The highest BCUT2D eigenvalue weighted by molar-refractivity contribution is 7.90. The molecule has 0 heterocycles. The van der Waals surface area contributed by atoms with Crippen molar-refractivity contribution in [1.29, 1.82) is 0 Å². The summed E-state index contributed by atoms with van der Waals surface area (Å²) in [6.45, 7) is 1.95. The zero-order chi connectivity index (χ0) is 13.8. The molecule has 1 aromatic carbocycles. The first-order chi connectivity index (χ1) is 8.28. The highest BCUT2D eigenvalue weighted by atomic mass is 32.2. The molecule has 6 heteroatoms. The van der Waals surface area contributed by atoms with Crippen molar-refractivity contribution in [2.45, 2.75) is 19.4 Å². The van der Waals surface area contributed by atoms with E-state index in [1.165, 1.54) is 0 Å². The maximum absolute atomic E-state index is 11.7. The van der Waals surface area contributed by atoms with E-state index in [9.17, 15) is 13.2 Å². The minimum atomic E-state index is -3.09. The first-order valence-electron chi connectivity index (χ1n) is 5.59. The lowest BCUT2D eigenvalue weighted by molar-refractivity contribution is -0.117. The number of nitrogens with one attached hydrogen (secondary N) is 1. The van der Waals surface area contributed by atoms with Crippen LogP contribution in [0.2, 0.25) is 0 Å². The monoisotopic (exact) mass is 270 g/mol. The molecule has 100 valence electrons. The van der Waals surface area contributed by atoms with Crippen molar-refractivity contribution >= 4 is 21.4 Å². The predicted molar refractivity (Wildman–Crippen MR) is 72.1 cm³/mol. The SMILES string of the molecule is Cc1ccc(NC(=O)[C@@H](N)CCS(C)(=O)=O)cc1. The minimum absolute atomic E-state index is 0.0878. The molecule has 1 amide bonds. The van der Waals surface area contributed by atoms with Gasteiger partial charge in [0.1, 0.15) is 9.84 Å². The number of anilines is 1. The molecule has 1 rings (SSSR count). The minimum Gasteiger partial charge on any atom is -0.325 e. The number of nitrogens with two attached hydrogens (primary N) is 1. The van der Waals surface area contributed by atoms with Crippen LogP contribution in [0, 0.1) is 6.92 Å². The van der Waals surface area contributed by atoms with Crippen molar-refractivity contribution in [3.63, 3.8) is 0 Å². The third-order valence-corrected chi connectivity index (χ3v) is 3.43. The summed E-state index contributed by atoms with van der Waals surface area (Å²) in [7, 11) is -3.09. The third kappa shape index (κ3) is 5.29. The molecule has 0 unspecified atom stereocenters. The summed E-state index contributed by atoms with van der Waals surface area (Å²) in [4.78, 5) is 11.7. The van der Waals surface area contributed by atoms with Gasteiger partial charge in [0.25, 0.3) is 0 Å². The van der Waals surface area contributed by atoms with Crippen molar-refractivity contribution < 1.29 is 13.2 Å². The van der Waals surface area contributed by atoms with E-state index in [0.717, 1.165) is 11.8 Å². The summed E-state index contributed by atoms with van der Waals surface area (Å²) in [6, 6.07) is 6.48. The van der Waals surface area contributed by atoms with Crippen LogP contribution in [-0.2, 0) is 14.6 Å². The zero-order valence-corrected chi connectivity index (χ0v) is 11.3. The normalized spacial score (nSPS) is 13.1. The van der Waals surface area contributed by atoms with Crippen LogP contribution in [0.25, 0.3) is 0 Å². The Hall–Kier alpha value is -1.40. The summed E-state index contributed by atoms with van der Waals surface area (Å²) in [6.07, 6.45) is 1.24. The fourth-order valence-corrected chi connectivity index (χ4v) is 2.03. The second kappa shape index (κ2) is 5.97. The Morgan fingerprint density at radius 3 is 2.39 bits per heavy atom. The molecule has 0 saturated heterocycles. The Bertz CT molecular complexity index is 509. The number of rotatable bonds is 5. The molecule has 0 fully saturated rings. The lowest BCUT2D eigenvalue weighted by Gasteiger charge is -2.11. The molecular formula is C12H18N2O3S. The molecule has 0 aromatic heterocycles. The second-order valence-corrected chi connectivity index (χ2v) is 6.64. The van der Waals surface area contributed by atoms with Crippen LogP contribution >= 0.6 is 0 Å². The van der Waals surface area contributed by atoms with Crippen molar-refractivity contribution in [3.8, 4) is 0 Å². The first-order valence-corrected chi connectivity index (χ1v) is 7.65. The van der Waals surface area contributed by atoms with Crippen molar-refractivity contribution in [1.82, 2.24) is 0 Å². The van der Waals surface area contributed by atoms with Crippen LogP contribution in [0.1, 0.15) is 12.0 Å². The van der Waals surface area contributed by atoms with E-state index >= 15 is 0 Å². The molecule has 5 nitrogen and oxygen atoms in total. The van der Waals surface area contributed by atoms with Gasteiger partial charge in [0.15, 0.2) is 0 Å². The number of carbonyl (C=O) groups excluding carboxylic acids is 1. The lowest BCUT2D eigenvalue weighted by Crippen LogP contribution is -2.37. The molecule has 0 aliphatic carbocycles. The summed E-state index contributed by atoms with van der Waals surface area (Å²) >= 11 is 0. The number of hydrogen-bond donors (Lipinski definition) is 2. The fraction of sp³-hybridized carbons (Fsp3) is 0.417. The highest BCUT2D eigenvalue weighted by Gasteiger charge is 2.15. The average Bonchev–Trinajstić information content (AvgIpc) is 2.28. The molecule has 1 atom stereocenters. The van der Waals surface area contributed by atoms with Gasteiger partial charge in [0.2, 0.25) is 5.91 Å². The van der Waals surface area contributed by atoms with Gasteiger partial charge in [0.05, 0.1) is 11.8 Å². The van der Waals surface area contributed by atoms with Crippen molar-refractivity contribution in [2.24, 2.45) is 5.73 Å². The van der Waals surface area contributed by atoms with Gasteiger partial charge in [0, 0.05) is 11.9 Å². The fourth-order valence-electron chi connectivity index (χ4n) is 1.34. The van der Waals surface area contributed by atoms with Gasteiger partial charge in [-0.1, -0.05) is 17.7 Å². The maximum atomic E-state index is 11.7. The molecule has 0 aliphatic heterocycles. The quantitative estimate of drug-likeness (QED) is 0.824. The van der Waals surface area contributed by atoms with Crippen LogP contribution in [0.5, 0.6) is 0 Å². The number of carbonyl (C=O) groups is 1. The van der Waals surface area contributed by atoms with E-state index in [0.29, 0.717) is 5.69 Å². The van der Waals surface area contributed by atoms with Crippen LogP contribution in [0.4, 0.5) is 5.69 Å². The average molecular weight is 270 g/mol. The van der Waals surface area contributed by atoms with Crippen LogP contribution in [-0.4, -0.2) is 32.4 Å². The molecule has 0 radical (unpaired) electrons. The maximum Gasteiger partial charge on any atom is 0.241 e. The van der Waals surface area contributed by atoms with E-state index < -0.39 is 15.9 Å². The topological polar surface area (TPSA) is 89.3 Å². The van der Waals surface area contributed by atoms with Gasteiger partial charge in [-0.25, -0.2) is 8.42 Å². The lowest BCUT2D eigenvalue weighted by atomic mass is 10.2. The van der Waals surface area contributed by atoms with Gasteiger partial charge in [-0.05, 0) is 25.5 Å². The molecular weight excluding hydrogens is 252 g/mol. The van der Waals surface area contributed by atoms with Crippen LogP contribution in [0.15, 0.2) is 24.3 Å². The third-order valence-electron chi connectivity index (χ3n) is 2.46. The van der Waals surface area contributed by atoms with Crippen LogP contribution < -0.4 is 11.1 Å². The molecule has 1 aromatic rings. The molecule has 0 aliphatic rings. The van der Waals surface area contributed by atoms with E-state index in [2.05, 4.69) is 5.32 Å². The molecule has 0 saturated carbocycles. The summed E-state index contributed by atoms with van der Waals surface area (Å²) in [5.74, 6) is -0.460. The van der Waals surface area contributed by atoms with E-state index in [4.69, 9.17) is 5.73 Å². The zero-order valence-electron chi connectivity index (χ0n) is 10.5. The van der Waals surface area contributed by atoms with Gasteiger partial charge in [-0.3, -0.25) is 4.79 Å². The Morgan fingerprint density at radius 2 is 1.89 bits per heavy atom. The number of hydrogen-bond acceptors (Lipinski definition) is 4. The smallest absolute Gasteiger partial charge is 0.241 e. The Kier molecular flexibility index (Phi) is 4.86. The van der Waals surface area contributed by atoms with Gasteiger partial charge < -0.3 is 11.1 Å². The van der Waals surface area contributed by atoms with Crippen molar-refractivity contribution in [3.05, 3.63) is 29.8 Å². The van der Waals surface area contributed by atoms with E-state index in [-0.39, 0.29) is 18.1 Å². The Morgan fingerprint density at radius 1 is 1.33 bits per heavy atom. The molecule has 18 heavy (non-hydrogen) atoms. The van der Waals surface area contributed by atoms with E-state index in [1.54, 1.807) is 12.1 Å². The Labute approximate surface area is 107 Å². The predicted octanol–water partition coefficient (Wildman–Crippen LogP) is 0.696. The van der Waals surface area contributed by atoms with Gasteiger partial charge in [-0.2, -0.15) is 0 Å². The summed E-state index contributed by atoms with van der Waals surface area (Å²) in [5.41, 5.74) is 7.37. The summed E-state index contributed by atoms with van der Waals surface area (Å²) < 4.78 is 21.9. The first kappa shape index (κ1) is 14.7. The molecule has 0 spiro atoms. The number of sulfone groups is 1. The van der Waals surface area contributed by atoms with Crippen molar-refractivity contribution in [2.75, 3.05) is 17.3 Å². The van der Waals surface area contributed by atoms with Crippen LogP contribution in [0.3, 0.4) is 0 Å². The standard InChI is InChI=1S/C12H18N2O3S/c1-9-3-5-10(6-4-9)14-12(15)11(13)7-8-18(2,16)17/h3-6,11H,7-8,13H2,1-2H3,(H,14,15)/t11-/m0/s1. The number of benzene rings is 1. The van der Waals surface area contributed by atoms with Gasteiger partial charge >= 0.3 is 0 Å². The van der Waals surface area contributed by atoms with Gasteiger partial charge in [-0.15, -0.1) is 0 Å². The summed E-state index contributed by atoms with van der Waals surface area (Å²) in [5, 5.41) is 2.65. The number of aryl methyl sites for hydroxylation is 1. The largest absolute Gasteiger partial charge is 0.325 e. The number of amides is 1. The Balaban J connectivity index is 2.52. The molecule has 3 N–H and O–H groups in total. The highest BCUT2D eigenvalue weighted by Crippen LogP contribution is 2.09. The molecule has 0 bridgehead atoms. The second-order valence-electron chi connectivity index (χ2n) is 4.38. The van der Waals surface area contributed by atoms with E-state index in [1.807, 2.05) is 19.1 Å².